The average Bonchev–Trinajstić information content (AvgIpc) is 2.05. The molecule has 0 atom stereocenters. The van der Waals surface area contributed by atoms with Gasteiger partial charge in [0, 0.05) is 10.6 Å². The third kappa shape index (κ3) is 1.93. The number of hydrogen-bond donors (Lipinski definition) is 0. The van der Waals surface area contributed by atoms with Gasteiger partial charge in [-0.2, -0.15) is 0 Å². The lowest BCUT2D eigenvalue weighted by atomic mass is 10.1. The standard InChI is InChI=1S/C7H9N5/c1-5(2)6-3-7(11-12-8)10-4-9-6/h3-5H,1-2H3. The topological polar surface area (TPSA) is 74.5 Å². The van der Waals surface area contributed by atoms with Gasteiger partial charge in [-0.1, -0.05) is 13.8 Å². The van der Waals surface area contributed by atoms with Crippen LogP contribution in [-0.4, -0.2) is 9.97 Å². The van der Waals surface area contributed by atoms with Crippen LogP contribution in [0.15, 0.2) is 17.5 Å². The van der Waals surface area contributed by atoms with Crippen molar-refractivity contribution in [1.82, 2.24) is 9.97 Å². The Labute approximate surface area is 70.1 Å². The molecule has 0 saturated carbocycles. The highest BCUT2D eigenvalue weighted by Crippen LogP contribution is 2.15. The van der Waals surface area contributed by atoms with E-state index in [0.717, 1.165) is 5.69 Å². The third-order valence-corrected chi connectivity index (χ3v) is 1.41. The molecule has 0 unspecified atom stereocenters. The first-order valence-electron chi connectivity index (χ1n) is 3.61. The maximum Gasteiger partial charge on any atom is 0.130 e. The van der Waals surface area contributed by atoms with Crippen molar-refractivity contribution in [2.24, 2.45) is 5.11 Å². The first-order valence-corrected chi connectivity index (χ1v) is 3.61. The van der Waals surface area contributed by atoms with Gasteiger partial charge in [-0.05, 0) is 22.6 Å². The lowest BCUT2D eigenvalue weighted by molar-refractivity contribution is 0.814. The van der Waals surface area contributed by atoms with Crippen molar-refractivity contribution in [3.63, 3.8) is 0 Å². The normalized spacial score (nSPS) is 9.58. The van der Waals surface area contributed by atoms with Crippen LogP contribution in [-0.2, 0) is 0 Å². The summed E-state index contributed by atoms with van der Waals surface area (Å²) in [6, 6.07) is 1.68. The summed E-state index contributed by atoms with van der Waals surface area (Å²) in [4.78, 5) is 10.4. The molecule has 0 N–H and O–H groups in total. The highest BCUT2D eigenvalue weighted by atomic mass is 15.2. The van der Waals surface area contributed by atoms with Crippen molar-refractivity contribution < 1.29 is 0 Å². The zero-order chi connectivity index (χ0) is 8.97. The first-order chi connectivity index (χ1) is 5.74. The van der Waals surface area contributed by atoms with Gasteiger partial charge in [-0.15, -0.1) is 0 Å². The second kappa shape index (κ2) is 3.69. The van der Waals surface area contributed by atoms with E-state index in [-0.39, 0.29) is 0 Å². The Morgan fingerprint density at radius 2 is 2.25 bits per heavy atom. The molecule has 0 radical (unpaired) electrons. The van der Waals surface area contributed by atoms with Crippen molar-refractivity contribution in [3.05, 3.63) is 28.5 Å². The highest BCUT2D eigenvalue weighted by Gasteiger charge is 2.00. The first kappa shape index (κ1) is 8.49. The van der Waals surface area contributed by atoms with Crippen molar-refractivity contribution in [2.45, 2.75) is 19.8 Å². The van der Waals surface area contributed by atoms with Crippen LogP contribution in [0.25, 0.3) is 10.4 Å². The molecular weight excluding hydrogens is 154 g/mol. The zero-order valence-electron chi connectivity index (χ0n) is 6.97. The molecule has 1 heterocycles. The number of rotatable bonds is 2. The van der Waals surface area contributed by atoms with E-state index in [9.17, 15) is 0 Å². The fourth-order valence-electron chi connectivity index (χ4n) is 0.778. The Morgan fingerprint density at radius 3 is 2.83 bits per heavy atom. The summed E-state index contributed by atoms with van der Waals surface area (Å²) >= 11 is 0. The molecule has 1 aromatic heterocycles. The predicted octanol–water partition coefficient (Wildman–Crippen LogP) is 2.54. The molecule has 5 nitrogen and oxygen atoms in total. The molecule has 0 spiro atoms. The van der Waals surface area contributed by atoms with Crippen LogP contribution in [0.2, 0.25) is 0 Å². The van der Waals surface area contributed by atoms with Gasteiger partial charge in [0.15, 0.2) is 0 Å². The largest absolute Gasteiger partial charge is 0.241 e. The van der Waals surface area contributed by atoms with Crippen molar-refractivity contribution >= 4 is 5.82 Å². The molecule has 0 bridgehead atoms. The van der Waals surface area contributed by atoms with Gasteiger partial charge < -0.3 is 0 Å². The molecule has 0 fully saturated rings. The van der Waals surface area contributed by atoms with E-state index in [1.807, 2.05) is 13.8 Å². The van der Waals surface area contributed by atoms with Crippen LogP contribution in [0.3, 0.4) is 0 Å². The molecule has 0 saturated heterocycles. The van der Waals surface area contributed by atoms with Crippen molar-refractivity contribution in [2.75, 3.05) is 0 Å². The quantitative estimate of drug-likeness (QED) is 0.381. The molecule has 0 aliphatic carbocycles. The molecule has 0 amide bonds. The number of nitrogens with zero attached hydrogens (tertiary/aromatic N) is 5. The summed E-state index contributed by atoms with van der Waals surface area (Å²) in [7, 11) is 0. The monoisotopic (exact) mass is 163 g/mol. The lowest BCUT2D eigenvalue weighted by Crippen LogP contribution is -1.91. The molecule has 5 heteroatoms. The predicted molar refractivity (Wildman–Crippen MR) is 44.9 cm³/mol. The van der Waals surface area contributed by atoms with Gasteiger partial charge >= 0.3 is 0 Å². The minimum Gasteiger partial charge on any atom is -0.241 e. The summed E-state index contributed by atoms with van der Waals surface area (Å²) in [6.07, 6.45) is 1.40. The third-order valence-electron chi connectivity index (χ3n) is 1.41. The van der Waals surface area contributed by atoms with Crippen LogP contribution in [0.4, 0.5) is 5.82 Å². The molecule has 0 aliphatic heterocycles. The molecule has 0 aliphatic rings. The Balaban J connectivity index is 3.03. The summed E-state index contributed by atoms with van der Waals surface area (Å²) in [5.41, 5.74) is 9.03. The Kier molecular flexibility index (Phi) is 2.61. The number of hydrogen-bond acceptors (Lipinski definition) is 3. The molecule has 1 aromatic rings. The summed E-state index contributed by atoms with van der Waals surface area (Å²) < 4.78 is 0. The lowest BCUT2D eigenvalue weighted by Gasteiger charge is -2.02. The van der Waals surface area contributed by atoms with Crippen LogP contribution >= 0.6 is 0 Å². The van der Waals surface area contributed by atoms with Crippen molar-refractivity contribution in [3.8, 4) is 0 Å². The SMILES string of the molecule is CC(C)c1cc(N=[N+]=[N-])ncn1. The zero-order valence-corrected chi connectivity index (χ0v) is 6.97. The fraction of sp³-hybridized carbons (Fsp3) is 0.429. The molecule has 0 aromatic carbocycles. The smallest absolute Gasteiger partial charge is 0.130 e. The molecular formula is C7H9N5. The molecule has 12 heavy (non-hydrogen) atoms. The van der Waals surface area contributed by atoms with Crippen LogP contribution < -0.4 is 0 Å². The van der Waals surface area contributed by atoms with Gasteiger partial charge in [0.25, 0.3) is 0 Å². The van der Waals surface area contributed by atoms with Crippen LogP contribution in [0.1, 0.15) is 25.5 Å². The summed E-state index contributed by atoms with van der Waals surface area (Å²) in [6.45, 7) is 4.03. The van der Waals surface area contributed by atoms with Crippen LogP contribution in [0, 0.1) is 0 Å². The number of aromatic nitrogens is 2. The van der Waals surface area contributed by atoms with Gasteiger partial charge in [-0.25, -0.2) is 9.97 Å². The van der Waals surface area contributed by atoms with Gasteiger partial charge in [-0.3, -0.25) is 0 Å². The van der Waals surface area contributed by atoms with E-state index in [2.05, 4.69) is 20.0 Å². The maximum atomic E-state index is 8.15. The van der Waals surface area contributed by atoms with Gasteiger partial charge in [0.05, 0.1) is 0 Å². The number of azide groups is 1. The fourth-order valence-corrected chi connectivity index (χ4v) is 0.778. The van der Waals surface area contributed by atoms with Crippen LogP contribution in [0.5, 0.6) is 0 Å². The average molecular weight is 163 g/mol. The van der Waals surface area contributed by atoms with E-state index < -0.39 is 0 Å². The maximum absolute atomic E-state index is 8.15. The van der Waals surface area contributed by atoms with E-state index in [1.165, 1.54) is 6.33 Å². The molecule has 62 valence electrons. The second-order valence-electron chi connectivity index (χ2n) is 2.65. The van der Waals surface area contributed by atoms with E-state index >= 15 is 0 Å². The summed E-state index contributed by atoms with van der Waals surface area (Å²) in [5.74, 6) is 0.692. The highest BCUT2D eigenvalue weighted by molar-refractivity contribution is 5.28. The Morgan fingerprint density at radius 1 is 1.50 bits per heavy atom. The van der Waals surface area contributed by atoms with E-state index in [4.69, 9.17) is 5.53 Å². The second-order valence-corrected chi connectivity index (χ2v) is 2.65. The van der Waals surface area contributed by atoms with Gasteiger partial charge in [0.2, 0.25) is 0 Å². The summed E-state index contributed by atoms with van der Waals surface area (Å²) in [5, 5.41) is 3.38. The minimum atomic E-state index is 0.320. The Hall–Kier alpha value is -1.61. The Bertz CT molecular complexity index is 313. The van der Waals surface area contributed by atoms with Gasteiger partial charge in [0.1, 0.15) is 12.1 Å². The van der Waals surface area contributed by atoms with Crippen molar-refractivity contribution in [1.29, 1.82) is 0 Å². The minimum absolute atomic E-state index is 0.320. The van der Waals surface area contributed by atoms with E-state index in [1.54, 1.807) is 6.07 Å². The van der Waals surface area contributed by atoms with E-state index in [0.29, 0.717) is 11.7 Å². The molecule has 1 rings (SSSR count).